The molecule has 1 atom stereocenters. The van der Waals surface area contributed by atoms with Crippen molar-refractivity contribution in [2.24, 2.45) is 0 Å². The molecule has 0 fully saturated rings. The van der Waals surface area contributed by atoms with Crippen LogP contribution in [-0.2, 0) is 16.4 Å². The van der Waals surface area contributed by atoms with Gasteiger partial charge in [0.15, 0.2) is 0 Å². The lowest BCUT2D eigenvalue weighted by atomic mass is 9.85. The van der Waals surface area contributed by atoms with Gasteiger partial charge in [-0.2, -0.15) is 0 Å². The Balaban J connectivity index is 1.62. The number of amides is 1. The largest absolute Gasteiger partial charge is 0.487 e. The fourth-order valence-electron chi connectivity index (χ4n) is 5.57. The lowest BCUT2D eigenvalue weighted by Gasteiger charge is -2.38. The zero-order chi connectivity index (χ0) is 32.7. The van der Waals surface area contributed by atoms with Crippen LogP contribution in [0.25, 0.3) is 0 Å². The Kier molecular flexibility index (Phi) is 12.1. The zero-order valence-corrected chi connectivity index (χ0v) is 29.0. The molecule has 0 aliphatic carbocycles. The van der Waals surface area contributed by atoms with Crippen molar-refractivity contribution in [2.75, 3.05) is 0 Å². The Bertz CT molecular complexity index is 1540. The Hall–Kier alpha value is -3.32. The molecule has 1 heterocycles. The Labute approximate surface area is 265 Å². The number of fused-ring (bicyclic) bond motifs is 1. The molecule has 44 heavy (non-hydrogen) atoms. The van der Waals surface area contributed by atoms with Crippen molar-refractivity contribution in [2.45, 2.75) is 124 Å². The summed E-state index contributed by atoms with van der Waals surface area (Å²) in [5, 5.41) is 0. The summed E-state index contributed by atoms with van der Waals surface area (Å²) in [7, 11) is -4.05. The lowest BCUT2D eigenvalue weighted by Crippen LogP contribution is -2.37. The molecule has 0 saturated heterocycles. The molecular formula is C37H51NO5S. The quantitative estimate of drug-likeness (QED) is 0.239. The molecule has 1 aliphatic rings. The topological polar surface area (TPSA) is 81.7 Å². The molecule has 7 heteroatoms. The predicted octanol–water partition coefficient (Wildman–Crippen LogP) is 9.68. The third kappa shape index (κ3) is 9.59. The summed E-state index contributed by atoms with van der Waals surface area (Å²) in [4.78, 5) is 12.7. The SMILES string of the molecule is CC(C)=CCCC(C)=CCCC(C)=CCCC1(C)CCc2c(C)c(OC(=O)NS(=O)(=O)c3ccc(C)cc3)c(C)c(C)c2O1. The maximum Gasteiger partial charge on any atom is 0.426 e. The molecule has 0 radical (unpaired) electrons. The molecule has 3 rings (SSSR count). The van der Waals surface area contributed by atoms with E-state index in [-0.39, 0.29) is 10.5 Å². The summed E-state index contributed by atoms with van der Waals surface area (Å²) in [6, 6.07) is 6.29. The van der Waals surface area contributed by atoms with Crippen LogP contribution in [0.5, 0.6) is 11.5 Å². The van der Waals surface area contributed by atoms with E-state index in [1.54, 1.807) is 12.1 Å². The zero-order valence-electron chi connectivity index (χ0n) is 28.1. The van der Waals surface area contributed by atoms with E-state index in [0.29, 0.717) is 5.75 Å². The molecule has 0 bridgehead atoms. The van der Waals surface area contributed by atoms with E-state index in [4.69, 9.17) is 9.47 Å². The number of carbonyl (C=O) groups is 1. The molecule has 2 aromatic carbocycles. The van der Waals surface area contributed by atoms with Gasteiger partial charge < -0.3 is 9.47 Å². The highest BCUT2D eigenvalue weighted by atomic mass is 32.2. The van der Waals surface area contributed by atoms with Crippen molar-refractivity contribution in [3.63, 3.8) is 0 Å². The minimum atomic E-state index is -4.05. The normalized spacial score (nSPS) is 17.0. The fourth-order valence-corrected chi connectivity index (χ4v) is 6.45. The summed E-state index contributed by atoms with van der Waals surface area (Å²) in [5.41, 5.74) is 8.34. The Morgan fingerprint density at radius 3 is 2.09 bits per heavy atom. The Morgan fingerprint density at radius 1 is 0.886 bits per heavy atom. The number of hydrogen-bond donors (Lipinski definition) is 1. The van der Waals surface area contributed by atoms with Gasteiger partial charge in [0, 0.05) is 5.56 Å². The van der Waals surface area contributed by atoms with Gasteiger partial charge in [0.05, 0.1) is 4.90 Å². The van der Waals surface area contributed by atoms with E-state index < -0.39 is 16.1 Å². The van der Waals surface area contributed by atoms with Gasteiger partial charge in [-0.3, -0.25) is 0 Å². The highest BCUT2D eigenvalue weighted by Crippen LogP contribution is 2.45. The first-order valence-electron chi connectivity index (χ1n) is 15.7. The molecule has 0 saturated carbocycles. The van der Waals surface area contributed by atoms with Crippen LogP contribution < -0.4 is 14.2 Å². The number of carbonyl (C=O) groups excluding carboxylic acids is 1. The average molecular weight is 622 g/mol. The van der Waals surface area contributed by atoms with E-state index in [2.05, 4.69) is 52.8 Å². The van der Waals surface area contributed by atoms with Gasteiger partial charge in [0.2, 0.25) is 0 Å². The van der Waals surface area contributed by atoms with Gasteiger partial charge in [-0.1, -0.05) is 52.6 Å². The van der Waals surface area contributed by atoms with E-state index in [0.717, 1.165) is 84.9 Å². The van der Waals surface area contributed by atoms with Crippen LogP contribution in [0.2, 0.25) is 0 Å². The lowest BCUT2D eigenvalue weighted by molar-refractivity contribution is 0.0558. The van der Waals surface area contributed by atoms with Crippen molar-refractivity contribution < 1.29 is 22.7 Å². The first-order chi connectivity index (χ1) is 20.6. The van der Waals surface area contributed by atoms with Crippen LogP contribution in [0.4, 0.5) is 4.79 Å². The van der Waals surface area contributed by atoms with Crippen LogP contribution >= 0.6 is 0 Å². The number of benzene rings is 2. The first-order valence-corrected chi connectivity index (χ1v) is 17.2. The number of ether oxygens (including phenoxy) is 2. The highest BCUT2D eigenvalue weighted by molar-refractivity contribution is 7.90. The number of sulfonamides is 1. The maximum atomic E-state index is 12.7. The van der Waals surface area contributed by atoms with Gasteiger partial charge in [0.1, 0.15) is 17.1 Å². The predicted molar refractivity (Wildman–Crippen MR) is 180 cm³/mol. The number of hydrogen-bond acceptors (Lipinski definition) is 5. The van der Waals surface area contributed by atoms with Crippen molar-refractivity contribution in [1.29, 1.82) is 0 Å². The fraction of sp³-hybridized carbons (Fsp3) is 0.486. The van der Waals surface area contributed by atoms with E-state index in [1.807, 2.05) is 32.4 Å². The van der Waals surface area contributed by atoms with Crippen LogP contribution in [0.15, 0.2) is 64.1 Å². The summed E-state index contributed by atoms with van der Waals surface area (Å²) in [6.45, 7) is 18.5. The van der Waals surface area contributed by atoms with Crippen molar-refractivity contribution in [3.8, 4) is 11.5 Å². The van der Waals surface area contributed by atoms with Gasteiger partial charge >= 0.3 is 6.09 Å². The van der Waals surface area contributed by atoms with Gasteiger partial charge in [-0.05, 0) is 143 Å². The highest BCUT2D eigenvalue weighted by Gasteiger charge is 2.34. The maximum absolute atomic E-state index is 12.7. The molecule has 2 aromatic rings. The molecule has 240 valence electrons. The van der Waals surface area contributed by atoms with E-state index >= 15 is 0 Å². The summed E-state index contributed by atoms with van der Waals surface area (Å²) in [6.07, 6.45) is 13.9. The van der Waals surface area contributed by atoms with Crippen molar-refractivity contribution in [1.82, 2.24) is 4.72 Å². The van der Waals surface area contributed by atoms with Gasteiger partial charge in [-0.25, -0.2) is 17.9 Å². The first kappa shape index (κ1) is 35.2. The number of rotatable bonds is 12. The van der Waals surface area contributed by atoms with Gasteiger partial charge in [-0.15, -0.1) is 0 Å². The van der Waals surface area contributed by atoms with E-state index in [1.165, 1.54) is 28.9 Å². The van der Waals surface area contributed by atoms with E-state index in [9.17, 15) is 13.2 Å². The van der Waals surface area contributed by atoms with Gasteiger partial charge in [0.25, 0.3) is 10.0 Å². The molecule has 1 aliphatic heterocycles. The van der Waals surface area contributed by atoms with Crippen LogP contribution in [0.1, 0.15) is 107 Å². The molecule has 0 spiro atoms. The number of aryl methyl sites for hydroxylation is 1. The molecule has 6 nitrogen and oxygen atoms in total. The second-order valence-corrected chi connectivity index (χ2v) is 14.6. The smallest absolute Gasteiger partial charge is 0.426 e. The third-order valence-electron chi connectivity index (χ3n) is 8.60. The minimum Gasteiger partial charge on any atom is -0.487 e. The molecular weight excluding hydrogens is 570 g/mol. The second-order valence-electron chi connectivity index (χ2n) is 12.9. The molecule has 0 aromatic heterocycles. The number of nitrogens with one attached hydrogen (secondary N) is 1. The van der Waals surface area contributed by atoms with Crippen LogP contribution in [0, 0.1) is 27.7 Å². The third-order valence-corrected chi connectivity index (χ3v) is 9.92. The average Bonchev–Trinajstić information content (AvgIpc) is 2.94. The molecule has 1 unspecified atom stereocenters. The van der Waals surface area contributed by atoms with Crippen molar-refractivity contribution >= 4 is 16.1 Å². The summed E-state index contributed by atoms with van der Waals surface area (Å²) in [5.74, 6) is 1.23. The summed E-state index contributed by atoms with van der Waals surface area (Å²) < 4.78 is 39.7. The van der Waals surface area contributed by atoms with Crippen LogP contribution in [0.3, 0.4) is 0 Å². The Morgan fingerprint density at radius 2 is 1.48 bits per heavy atom. The van der Waals surface area contributed by atoms with Crippen LogP contribution in [-0.4, -0.2) is 20.1 Å². The number of allylic oxidation sites excluding steroid dienone is 6. The second kappa shape index (κ2) is 15.1. The molecule has 1 amide bonds. The minimum absolute atomic E-state index is 0.00509. The van der Waals surface area contributed by atoms with Crippen molar-refractivity contribution in [3.05, 3.63) is 87.0 Å². The summed E-state index contributed by atoms with van der Waals surface area (Å²) >= 11 is 0. The molecule has 1 N–H and O–H groups in total. The standard InChI is InChI=1S/C37H51NO5S/c1-25(2)13-10-14-26(3)15-11-16-27(4)17-12-23-37(9)24-22-33-31(8)34(29(6)30(7)35(33)43-37)42-36(39)38-44(40,41)32-20-18-28(5)19-21-32/h13,15,17-21H,10-12,14,16,22-24H2,1-9H3,(H,38,39). The monoisotopic (exact) mass is 621 g/mol.